The zero-order chi connectivity index (χ0) is 19.6. The van der Waals surface area contributed by atoms with Crippen LogP contribution in [0, 0.1) is 6.92 Å². The summed E-state index contributed by atoms with van der Waals surface area (Å²) in [6.07, 6.45) is 4.06. The van der Waals surface area contributed by atoms with Crippen LogP contribution in [-0.2, 0) is 11.3 Å². The first-order valence-electron chi connectivity index (χ1n) is 8.62. The third-order valence-electron chi connectivity index (χ3n) is 4.10. The summed E-state index contributed by atoms with van der Waals surface area (Å²) < 4.78 is 3.34. The Kier molecular flexibility index (Phi) is 5.59. The van der Waals surface area contributed by atoms with Crippen LogP contribution in [0.5, 0.6) is 0 Å². The number of aromatic nitrogens is 4. The monoisotopic (exact) mass is 432 g/mol. The van der Waals surface area contributed by atoms with Gasteiger partial charge in [-0.05, 0) is 47.0 Å². The van der Waals surface area contributed by atoms with Crippen molar-refractivity contribution >= 4 is 39.0 Å². The molecule has 1 aromatic carbocycles. The number of amides is 1. The number of aryl methyl sites for hydroxylation is 1. The van der Waals surface area contributed by atoms with E-state index in [0.717, 1.165) is 27.7 Å². The molecule has 0 aliphatic heterocycles. The Balaban J connectivity index is 1.86. The molecule has 2 aromatic heterocycles. The van der Waals surface area contributed by atoms with Gasteiger partial charge in [0.15, 0.2) is 5.82 Å². The smallest absolute Gasteiger partial charge is 0.350 e. The first-order valence-corrected chi connectivity index (χ1v) is 9.41. The number of hydrogen-bond acceptors (Lipinski definition) is 5. The van der Waals surface area contributed by atoms with Crippen LogP contribution in [-0.4, -0.2) is 38.7 Å². The fourth-order valence-electron chi connectivity index (χ4n) is 2.80. The topological polar surface area (TPSA) is 84.5 Å². The van der Waals surface area contributed by atoms with Gasteiger partial charge in [-0.15, -0.1) is 5.10 Å². The van der Waals surface area contributed by atoms with Gasteiger partial charge in [-0.2, -0.15) is 0 Å². The van der Waals surface area contributed by atoms with Gasteiger partial charge in [0, 0.05) is 30.5 Å². The lowest BCUT2D eigenvalue weighted by Crippen LogP contribution is -2.28. The van der Waals surface area contributed by atoms with Crippen molar-refractivity contribution in [2.45, 2.75) is 26.8 Å². The summed E-state index contributed by atoms with van der Waals surface area (Å²) in [6.45, 7) is 4.64. The molecule has 3 rings (SSSR count). The maximum absolute atomic E-state index is 12.6. The number of rotatable bonds is 6. The van der Waals surface area contributed by atoms with Crippen LogP contribution in [0.2, 0.25) is 0 Å². The number of carbonyl (C=O) groups excluding carboxylic acids is 1. The van der Waals surface area contributed by atoms with E-state index in [-0.39, 0.29) is 18.1 Å². The van der Waals surface area contributed by atoms with Gasteiger partial charge in [0.25, 0.3) is 0 Å². The van der Waals surface area contributed by atoms with Crippen LogP contribution in [0.3, 0.4) is 0 Å². The lowest BCUT2D eigenvalue weighted by Gasteiger charge is -2.16. The minimum Gasteiger partial charge on any atom is -0.357 e. The Morgan fingerprint density at radius 2 is 2.15 bits per heavy atom. The summed E-state index contributed by atoms with van der Waals surface area (Å²) >= 11 is 3.43. The third kappa shape index (κ3) is 4.02. The molecule has 0 saturated heterocycles. The van der Waals surface area contributed by atoms with E-state index in [1.165, 1.54) is 4.40 Å². The molecular formula is C18H21BrN6O2. The molecule has 0 spiro atoms. The van der Waals surface area contributed by atoms with Crippen molar-refractivity contribution in [2.75, 3.05) is 23.8 Å². The Labute approximate surface area is 164 Å². The summed E-state index contributed by atoms with van der Waals surface area (Å²) in [6, 6.07) is 5.62. The van der Waals surface area contributed by atoms with Crippen molar-refractivity contribution in [2.24, 2.45) is 0 Å². The van der Waals surface area contributed by atoms with Gasteiger partial charge in [0.05, 0.1) is 5.69 Å². The number of benzene rings is 1. The number of carbonyl (C=O) groups is 1. The predicted molar refractivity (Wildman–Crippen MR) is 108 cm³/mol. The lowest BCUT2D eigenvalue weighted by atomic mass is 10.2. The molecule has 0 bridgehead atoms. The summed E-state index contributed by atoms with van der Waals surface area (Å²) in [7, 11) is 1.90. The Bertz CT molecular complexity index is 1040. The largest absolute Gasteiger partial charge is 0.357 e. The second kappa shape index (κ2) is 7.91. The second-order valence-electron chi connectivity index (χ2n) is 6.34. The number of halogens is 1. The molecule has 0 atom stereocenters. The quantitative estimate of drug-likeness (QED) is 0.646. The number of nitrogens with one attached hydrogen (secondary N) is 1. The highest BCUT2D eigenvalue weighted by Gasteiger charge is 2.16. The van der Waals surface area contributed by atoms with Gasteiger partial charge in [-0.1, -0.05) is 13.0 Å². The highest BCUT2D eigenvalue weighted by atomic mass is 79.9. The van der Waals surface area contributed by atoms with Gasteiger partial charge in [-0.25, -0.2) is 18.9 Å². The molecule has 1 N–H and O–H groups in total. The van der Waals surface area contributed by atoms with E-state index < -0.39 is 0 Å². The molecule has 1 amide bonds. The van der Waals surface area contributed by atoms with E-state index >= 15 is 0 Å². The van der Waals surface area contributed by atoms with Gasteiger partial charge in [0.2, 0.25) is 11.6 Å². The van der Waals surface area contributed by atoms with Crippen molar-refractivity contribution in [1.29, 1.82) is 0 Å². The van der Waals surface area contributed by atoms with Crippen molar-refractivity contribution in [3.8, 4) is 0 Å². The van der Waals surface area contributed by atoms with E-state index in [2.05, 4.69) is 38.3 Å². The third-order valence-corrected chi connectivity index (χ3v) is 4.75. The molecule has 0 aliphatic rings. The van der Waals surface area contributed by atoms with Crippen LogP contribution in [0.15, 0.2) is 39.9 Å². The molecule has 2 heterocycles. The minimum atomic E-state index is -0.378. The molecule has 9 heteroatoms. The average Bonchev–Trinajstić information content (AvgIpc) is 2.93. The van der Waals surface area contributed by atoms with Crippen molar-refractivity contribution in [3.05, 3.63) is 51.1 Å². The van der Waals surface area contributed by atoms with Crippen molar-refractivity contribution < 1.29 is 4.79 Å². The Morgan fingerprint density at radius 1 is 1.37 bits per heavy atom. The van der Waals surface area contributed by atoms with Crippen molar-refractivity contribution in [3.63, 3.8) is 0 Å². The highest BCUT2D eigenvalue weighted by Crippen LogP contribution is 2.23. The molecule has 0 radical (unpaired) electrons. The molecule has 0 unspecified atom stereocenters. The number of anilines is 2. The standard InChI is InChI=1S/C18H21BrN6O2/c1-4-8-23(3)16-17-22-25(18(27)24(17)9-7-20-16)11-15(26)21-14-6-5-12(2)10-13(14)19/h5-7,9-10H,4,8,11H2,1-3H3,(H,21,26). The lowest BCUT2D eigenvalue weighted by molar-refractivity contribution is -0.117. The molecule has 27 heavy (non-hydrogen) atoms. The molecule has 142 valence electrons. The van der Waals surface area contributed by atoms with E-state index in [1.54, 1.807) is 12.4 Å². The van der Waals surface area contributed by atoms with Crippen LogP contribution in [0.1, 0.15) is 18.9 Å². The first-order chi connectivity index (χ1) is 12.9. The zero-order valence-electron chi connectivity index (χ0n) is 15.4. The van der Waals surface area contributed by atoms with Gasteiger partial charge < -0.3 is 10.2 Å². The van der Waals surface area contributed by atoms with E-state index in [1.807, 2.05) is 37.1 Å². The second-order valence-corrected chi connectivity index (χ2v) is 7.19. The SMILES string of the molecule is CCCN(C)c1nccn2c(=O)n(CC(=O)Nc3ccc(C)cc3Br)nc12. The normalized spacial score (nSPS) is 11.0. The number of fused-ring (bicyclic) bond motifs is 1. The van der Waals surface area contributed by atoms with Gasteiger partial charge >= 0.3 is 5.69 Å². The molecule has 3 aromatic rings. The highest BCUT2D eigenvalue weighted by molar-refractivity contribution is 9.10. The molecule has 8 nitrogen and oxygen atoms in total. The Morgan fingerprint density at radius 3 is 2.85 bits per heavy atom. The van der Waals surface area contributed by atoms with E-state index in [0.29, 0.717) is 17.2 Å². The first kappa shape index (κ1) is 19.1. The summed E-state index contributed by atoms with van der Waals surface area (Å²) in [4.78, 5) is 31.3. The molecule has 0 aliphatic carbocycles. The van der Waals surface area contributed by atoms with Crippen LogP contribution in [0.25, 0.3) is 5.65 Å². The average molecular weight is 433 g/mol. The fraction of sp³-hybridized carbons (Fsp3) is 0.333. The summed E-state index contributed by atoms with van der Waals surface area (Å²) in [5, 5.41) is 7.12. The van der Waals surface area contributed by atoms with Crippen LogP contribution < -0.4 is 15.9 Å². The zero-order valence-corrected chi connectivity index (χ0v) is 17.0. The number of hydrogen-bond donors (Lipinski definition) is 1. The summed E-state index contributed by atoms with van der Waals surface area (Å²) in [5.41, 5.74) is 1.78. The van der Waals surface area contributed by atoms with Crippen LogP contribution >= 0.6 is 15.9 Å². The maximum Gasteiger partial charge on any atom is 0.350 e. The van der Waals surface area contributed by atoms with E-state index in [4.69, 9.17) is 0 Å². The van der Waals surface area contributed by atoms with Crippen LogP contribution in [0.4, 0.5) is 11.5 Å². The molecular weight excluding hydrogens is 412 g/mol. The molecule has 0 saturated carbocycles. The minimum absolute atomic E-state index is 0.183. The number of nitrogens with zero attached hydrogens (tertiary/aromatic N) is 5. The Hall–Kier alpha value is -2.68. The summed E-state index contributed by atoms with van der Waals surface area (Å²) in [5.74, 6) is 0.276. The van der Waals surface area contributed by atoms with Crippen molar-refractivity contribution in [1.82, 2.24) is 19.2 Å². The van der Waals surface area contributed by atoms with Gasteiger partial charge in [0.1, 0.15) is 6.54 Å². The van der Waals surface area contributed by atoms with E-state index in [9.17, 15) is 9.59 Å². The maximum atomic E-state index is 12.6. The fourth-order valence-corrected chi connectivity index (χ4v) is 3.39. The molecule has 0 fully saturated rings. The van der Waals surface area contributed by atoms with Gasteiger partial charge in [-0.3, -0.25) is 4.79 Å². The predicted octanol–water partition coefficient (Wildman–Crippen LogP) is 2.45.